The highest BCUT2D eigenvalue weighted by molar-refractivity contribution is 5.77. The number of carbonyl (C=O) groups is 1. The van der Waals surface area contributed by atoms with Gasteiger partial charge in [-0.05, 0) is 42.4 Å². The Kier molecular flexibility index (Phi) is 6.88. The average molecular weight is 307 g/mol. The molecule has 0 radical (unpaired) electrons. The smallest absolute Gasteiger partial charge is 0.257 e. The molecule has 0 aromatic heterocycles. The van der Waals surface area contributed by atoms with Gasteiger partial charge in [0.05, 0.1) is 6.10 Å². The Balaban J connectivity index is 2.37. The molecule has 22 heavy (non-hydrogen) atoms. The number of ether oxygens (including phenoxy) is 1. The second kappa shape index (κ2) is 8.18. The Morgan fingerprint density at radius 1 is 1.23 bits per heavy atom. The summed E-state index contributed by atoms with van der Waals surface area (Å²) in [5.74, 6) is 1.03. The van der Waals surface area contributed by atoms with Crippen LogP contribution in [0.1, 0.15) is 52.5 Å². The van der Waals surface area contributed by atoms with E-state index in [1.165, 1.54) is 5.56 Å². The highest BCUT2D eigenvalue weighted by atomic mass is 16.5. The number of amides is 1. The van der Waals surface area contributed by atoms with Gasteiger partial charge in [-0.3, -0.25) is 4.79 Å². The summed E-state index contributed by atoms with van der Waals surface area (Å²) in [5, 5.41) is 12.3. The van der Waals surface area contributed by atoms with Crippen molar-refractivity contribution in [1.82, 2.24) is 5.32 Å². The van der Waals surface area contributed by atoms with Gasteiger partial charge >= 0.3 is 0 Å². The maximum Gasteiger partial charge on any atom is 0.257 e. The van der Waals surface area contributed by atoms with Crippen molar-refractivity contribution in [1.29, 1.82) is 0 Å². The first-order valence-electron chi connectivity index (χ1n) is 7.87. The summed E-state index contributed by atoms with van der Waals surface area (Å²) in [6, 6.07) is 7.81. The summed E-state index contributed by atoms with van der Waals surface area (Å²) in [6.45, 7) is 10.6. The van der Waals surface area contributed by atoms with Crippen LogP contribution in [0.25, 0.3) is 0 Å². The molecule has 1 rings (SSSR count). The Labute approximate surface area is 133 Å². The fraction of sp³-hybridized carbons (Fsp3) is 0.611. The SMILES string of the molecule is CC(O)CC(C)(C)CNC(=O)COc1ccc(C(C)C)cc1. The lowest BCUT2D eigenvalue weighted by molar-refractivity contribution is -0.123. The number of hydrogen-bond acceptors (Lipinski definition) is 3. The van der Waals surface area contributed by atoms with E-state index in [0.29, 0.717) is 24.6 Å². The molecule has 0 bridgehead atoms. The van der Waals surface area contributed by atoms with Crippen LogP contribution in [0.2, 0.25) is 0 Å². The second-order valence-electron chi connectivity index (χ2n) is 7.01. The molecule has 0 aliphatic rings. The molecular weight excluding hydrogens is 278 g/mol. The first-order chi connectivity index (χ1) is 10.2. The Hall–Kier alpha value is -1.55. The number of benzene rings is 1. The first kappa shape index (κ1) is 18.5. The average Bonchev–Trinajstić information content (AvgIpc) is 2.42. The number of hydrogen-bond donors (Lipinski definition) is 2. The van der Waals surface area contributed by atoms with Gasteiger partial charge < -0.3 is 15.2 Å². The summed E-state index contributed by atoms with van der Waals surface area (Å²) in [4.78, 5) is 11.8. The summed E-state index contributed by atoms with van der Waals surface area (Å²) in [7, 11) is 0. The topological polar surface area (TPSA) is 58.6 Å². The van der Waals surface area contributed by atoms with E-state index < -0.39 is 0 Å². The zero-order valence-corrected chi connectivity index (χ0v) is 14.3. The number of aliphatic hydroxyl groups excluding tert-OH is 1. The molecule has 0 aliphatic heterocycles. The third-order valence-electron chi connectivity index (χ3n) is 3.53. The summed E-state index contributed by atoms with van der Waals surface area (Å²) >= 11 is 0. The highest BCUT2D eigenvalue weighted by Crippen LogP contribution is 2.21. The van der Waals surface area contributed by atoms with Gasteiger partial charge in [0.15, 0.2) is 6.61 Å². The largest absolute Gasteiger partial charge is 0.484 e. The molecule has 4 nitrogen and oxygen atoms in total. The molecule has 1 aromatic carbocycles. The molecule has 0 aliphatic carbocycles. The lowest BCUT2D eigenvalue weighted by atomic mass is 9.87. The second-order valence-corrected chi connectivity index (χ2v) is 7.01. The fourth-order valence-corrected chi connectivity index (χ4v) is 2.36. The minimum Gasteiger partial charge on any atom is -0.484 e. The summed E-state index contributed by atoms with van der Waals surface area (Å²) in [6.07, 6.45) is 0.271. The standard InChI is InChI=1S/C18H29NO3/c1-13(2)15-6-8-16(9-7-15)22-11-17(21)19-12-18(4,5)10-14(3)20/h6-9,13-14,20H,10-12H2,1-5H3,(H,19,21). The van der Waals surface area contributed by atoms with E-state index in [2.05, 4.69) is 19.2 Å². The first-order valence-corrected chi connectivity index (χ1v) is 7.87. The Morgan fingerprint density at radius 2 is 1.82 bits per heavy atom. The Bertz CT molecular complexity index is 464. The van der Waals surface area contributed by atoms with Crippen molar-refractivity contribution in [2.45, 2.75) is 53.1 Å². The van der Waals surface area contributed by atoms with E-state index in [9.17, 15) is 9.90 Å². The highest BCUT2D eigenvalue weighted by Gasteiger charge is 2.21. The lowest BCUT2D eigenvalue weighted by Crippen LogP contribution is -2.38. The van der Waals surface area contributed by atoms with Gasteiger partial charge in [0.2, 0.25) is 0 Å². The molecule has 1 aromatic rings. The molecule has 1 amide bonds. The molecule has 0 spiro atoms. The molecule has 0 heterocycles. The van der Waals surface area contributed by atoms with Gasteiger partial charge in [-0.25, -0.2) is 0 Å². The van der Waals surface area contributed by atoms with Crippen molar-refractivity contribution in [3.63, 3.8) is 0 Å². The maximum atomic E-state index is 11.8. The fourth-order valence-electron chi connectivity index (χ4n) is 2.36. The quantitative estimate of drug-likeness (QED) is 0.776. The van der Waals surface area contributed by atoms with Crippen LogP contribution in [0, 0.1) is 5.41 Å². The van der Waals surface area contributed by atoms with Crippen molar-refractivity contribution in [2.24, 2.45) is 5.41 Å². The van der Waals surface area contributed by atoms with E-state index in [1.807, 2.05) is 38.1 Å². The van der Waals surface area contributed by atoms with Crippen LogP contribution in [-0.4, -0.2) is 30.3 Å². The van der Waals surface area contributed by atoms with E-state index >= 15 is 0 Å². The Morgan fingerprint density at radius 3 is 2.32 bits per heavy atom. The molecule has 1 unspecified atom stereocenters. The van der Waals surface area contributed by atoms with Crippen LogP contribution in [-0.2, 0) is 4.79 Å². The van der Waals surface area contributed by atoms with Crippen molar-refractivity contribution >= 4 is 5.91 Å². The maximum absolute atomic E-state index is 11.8. The number of carbonyl (C=O) groups excluding carboxylic acids is 1. The predicted molar refractivity (Wildman–Crippen MR) is 89.1 cm³/mol. The zero-order valence-electron chi connectivity index (χ0n) is 14.3. The van der Waals surface area contributed by atoms with Gasteiger partial charge in [0, 0.05) is 6.54 Å². The minimum absolute atomic E-state index is 0.00574. The number of rotatable bonds is 8. The molecule has 0 saturated carbocycles. The zero-order chi connectivity index (χ0) is 16.8. The molecule has 124 valence electrons. The normalized spacial score (nSPS) is 13.0. The molecule has 1 atom stereocenters. The van der Waals surface area contributed by atoms with Gasteiger partial charge in [-0.15, -0.1) is 0 Å². The van der Waals surface area contributed by atoms with Crippen molar-refractivity contribution in [2.75, 3.05) is 13.2 Å². The number of aliphatic hydroxyl groups is 1. The third-order valence-corrected chi connectivity index (χ3v) is 3.53. The van der Waals surface area contributed by atoms with Crippen LogP contribution in [0.5, 0.6) is 5.75 Å². The van der Waals surface area contributed by atoms with Crippen LogP contribution >= 0.6 is 0 Å². The van der Waals surface area contributed by atoms with Crippen LogP contribution < -0.4 is 10.1 Å². The van der Waals surface area contributed by atoms with E-state index in [-0.39, 0.29) is 24.0 Å². The number of nitrogens with one attached hydrogen (secondary N) is 1. The van der Waals surface area contributed by atoms with Crippen LogP contribution in [0.4, 0.5) is 0 Å². The molecule has 2 N–H and O–H groups in total. The van der Waals surface area contributed by atoms with E-state index in [4.69, 9.17) is 4.74 Å². The lowest BCUT2D eigenvalue weighted by Gasteiger charge is -2.26. The van der Waals surface area contributed by atoms with Crippen molar-refractivity contribution < 1.29 is 14.6 Å². The van der Waals surface area contributed by atoms with Crippen LogP contribution in [0.15, 0.2) is 24.3 Å². The third kappa shape index (κ3) is 6.94. The molecular formula is C18H29NO3. The van der Waals surface area contributed by atoms with Gasteiger partial charge in [-0.1, -0.05) is 39.8 Å². The van der Waals surface area contributed by atoms with Gasteiger partial charge in [0.1, 0.15) is 5.75 Å². The van der Waals surface area contributed by atoms with E-state index in [0.717, 1.165) is 0 Å². The van der Waals surface area contributed by atoms with Gasteiger partial charge in [0.25, 0.3) is 5.91 Å². The molecule has 4 heteroatoms. The minimum atomic E-state index is -0.373. The summed E-state index contributed by atoms with van der Waals surface area (Å²) < 4.78 is 5.49. The van der Waals surface area contributed by atoms with Crippen molar-refractivity contribution in [3.05, 3.63) is 29.8 Å². The van der Waals surface area contributed by atoms with E-state index in [1.54, 1.807) is 6.92 Å². The monoisotopic (exact) mass is 307 g/mol. The molecule has 0 fully saturated rings. The van der Waals surface area contributed by atoms with Gasteiger partial charge in [-0.2, -0.15) is 0 Å². The molecule has 0 saturated heterocycles. The van der Waals surface area contributed by atoms with Crippen molar-refractivity contribution in [3.8, 4) is 5.75 Å². The predicted octanol–water partition coefficient (Wildman–Crippen LogP) is 3.10. The summed E-state index contributed by atoms with van der Waals surface area (Å²) in [5.41, 5.74) is 1.11. The van der Waals surface area contributed by atoms with Crippen LogP contribution in [0.3, 0.4) is 0 Å².